The van der Waals surface area contributed by atoms with E-state index in [-0.39, 0.29) is 22.5 Å². The molecule has 5 nitrogen and oxygen atoms in total. The van der Waals surface area contributed by atoms with E-state index in [1.54, 1.807) is 53.1 Å². The third-order valence-corrected chi connectivity index (χ3v) is 6.67. The van der Waals surface area contributed by atoms with Gasteiger partial charge in [0.15, 0.2) is 0 Å². The molecule has 7 heteroatoms. The van der Waals surface area contributed by atoms with Crippen LogP contribution in [0.4, 0.5) is 10.1 Å². The van der Waals surface area contributed by atoms with Crippen LogP contribution in [0.2, 0.25) is 0 Å². The van der Waals surface area contributed by atoms with Crippen molar-refractivity contribution in [1.29, 1.82) is 0 Å². The van der Waals surface area contributed by atoms with Crippen molar-refractivity contribution in [1.82, 2.24) is 4.90 Å². The summed E-state index contributed by atoms with van der Waals surface area (Å²) in [5.74, 6) is 0.789. The van der Waals surface area contributed by atoms with Gasteiger partial charge in [-0.2, -0.15) is 0 Å². The van der Waals surface area contributed by atoms with Gasteiger partial charge < -0.3 is 15.0 Å². The Morgan fingerprint density at radius 3 is 2.89 bits per heavy atom. The summed E-state index contributed by atoms with van der Waals surface area (Å²) >= 11 is 1.67. The Morgan fingerprint density at radius 2 is 2.11 bits per heavy atom. The highest BCUT2D eigenvalue weighted by atomic mass is 32.2. The van der Waals surface area contributed by atoms with Crippen molar-refractivity contribution in [2.75, 3.05) is 11.1 Å². The highest BCUT2D eigenvalue weighted by molar-refractivity contribution is 8.01. The maximum atomic E-state index is 13.0. The van der Waals surface area contributed by atoms with E-state index in [1.165, 1.54) is 12.1 Å². The molecule has 0 saturated carbocycles. The second-order valence-electron chi connectivity index (χ2n) is 7.20. The van der Waals surface area contributed by atoms with E-state index in [4.69, 9.17) is 4.74 Å². The number of nitrogens with one attached hydrogen (secondary N) is 1. The average molecular weight is 400 g/mol. The molecule has 0 spiro atoms. The number of hydrogen-bond acceptors (Lipinski definition) is 4. The Hall–Kier alpha value is -2.54. The van der Waals surface area contributed by atoms with E-state index in [1.807, 2.05) is 6.92 Å². The summed E-state index contributed by atoms with van der Waals surface area (Å²) in [6.07, 6.45) is 1.28. The van der Waals surface area contributed by atoms with Crippen LogP contribution in [0.15, 0.2) is 48.5 Å². The lowest BCUT2D eigenvalue weighted by Gasteiger charge is -2.29. The molecule has 0 aliphatic carbocycles. The SMILES string of the molecule is C[C@]12CCC(=O)N1[C@H](C(=O)Nc1cccc(OCc3ccc(F)cc3)c1)CS2. The molecule has 4 rings (SSSR count). The van der Waals surface area contributed by atoms with Gasteiger partial charge in [0.05, 0.1) is 4.87 Å². The monoisotopic (exact) mass is 400 g/mol. The van der Waals surface area contributed by atoms with Crippen LogP contribution in [0.3, 0.4) is 0 Å². The van der Waals surface area contributed by atoms with Crippen LogP contribution in [-0.2, 0) is 16.2 Å². The summed E-state index contributed by atoms with van der Waals surface area (Å²) in [6, 6.07) is 12.8. The Morgan fingerprint density at radius 1 is 1.32 bits per heavy atom. The van der Waals surface area contributed by atoms with E-state index in [0.29, 0.717) is 30.2 Å². The van der Waals surface area contributed by atoms with Gasteiger partial charge in [-0.3, -0.25) is 9.59 Å². The van der Waals surface area contributed by atoms with Crippen LogP contribution in [-0.4, -0.2) is 33.4 Å². The molecule has 2 aromatic rings. The molecule has 28 heavy (non-hydrogen) atoms. The number of thioether (sulfide) groups is 1. The molecule has 2 amide bonds. The Balaban J connectivity index is 1.40. The molecular weight excluding hydrogens is 379 g/mol. The molecule has 0 bridgehead atoms. The third kappa shape index (κ3) is 3.71. The minimum atomic E-state index is -0.450. The third-order valence-electron chi connectivity index (χ3n) is 5.17. The molecular formula is C21H21FN2O3S. The first-order chi connectivity index (χ1) is 13.4. The van der Waals surface area contributed by atoms with E-state index in [9.17, 15) is 14.0 Å². The molecule has 0 unspecified atom stereocenters. The predicted molar refractivity (Wildman–Crippen MR) is 107 cm³/mol. The van der Waals surface area contributed by atoms with Gasteiger partial charge in [0.1, 0.15) is 24.2 Å². The zero-order valence-corrected chi connectivity index (χ0v) is 16.3. The smallest absolute Gasteiger partial charge is 0.248 e. The van der Waals surface area contributed by atoms with Crippen molar-refractivity contribution >= 4 is 29.3 Å². The number of ether oxygens (including phenoxy) is 1. The van der Waals surface area contributed by atoms with E-state index in [0.717, 1.165) is 12.0 Å². The number of carbonyl (C=O) groups excluding carboxylic acids is 2. The van der Waals surface area contributed by atoms with Gasteiger partial charge in [0, 0.05) is 23.9 Å². The number of benzene rings is 2. The first kappa shape index (κ1) is 18.8. The fourth-order valence-electron chi connectivity index (χ4n) is 3.65. The lowest BCUT2D eigenvalue weighted by atomic mass is 10.2. The first-order valence-corrected chi connectivity index (χ1v) is 10.2. The van der Waals surface area contributed by atoms with Crippen LogP contribution in [0.25, 0.3) is 0 Å². The quantitative estimate of drug-likeness (QED) is 0.830. The Labute approximate surface area is 167 Å². The van der Waals surface area contributed by atoms with Gasteiger partial charge in [-0.1, -0.05) is 18.2 Å². The van der Waals surface area contributed by atoms with Crippen molar-refractivity contribution in [2.24, 2.45) is 0 Å². The fraction of sp³-hybridized carbons (Fsp3) is 0.333. The molecule has 2 aliphatic heterocycles. The molecule has 2 aromatic carbocycles. The molecule has 1 N–H and O–H groups in total. The Kier molecular flexibility index (Phi) is 5.02. The Bertz CT molecular complexity index is 905. The zero-order chi connectivity index (χ0) is 19.7. The molecule has 2 saturated heterocycles. The van der Waals surface area contributed by atoms with Gasteiger partial charge in [-0.05, 0) is 43.2 Å². The molecule has 2 heterocycles. The van der Waals surface area contributed by atoms with E-state index < -0.39 is 6.04 Å². The summed E-state index contributed by atoms with van der Waals surface area (Å²) in [5.41, 5.74) is 1.47. The number of anilines is 1. The lowest BCUT2D eigenvalue weighted by molar-refractivity contribution is -0.135. The van der Waals surface area contributed by atoms with Crippen LogP contribution >= 0.6 is 11.8 Å². The zero-order valence-electron chi connectivity index (χ0n) is 15.5. The minimum Gasteiger partial charge on any atom is -0.489 e. The lowest BCUT2D eigenvalue weighted by Crippen LogP contribution is -2.48. The largest absolute Gasteiger partial charge is 0.489 e. The molecule has 2 aliphatic rings. The number of nitrogens with zero attached hydrogens (tertiary/aromatic N) is 1. The van der Waals surface area contributed by atoms with Crippen molar-refractivity contribution < 1.29 is 18.7 Å². The van der Waals surface area contributed by atoms with E-state index in [2.05, 4.69) is 5.32 Å². The summed E-state index contributed by atoms with van der Waals surface area (Å²) in [7, 11) is 0. The second kappa shape index (κ2) is 7.47. The summed E-state index contributed by atoms with van der Waals surface area (Å²) in [6.45, 7) is 2.33. The number of fused-ring (bicyclic) bond motifs is 1. The topological polar surface area (TPSA) is 58.6 Å². The van der Waals surface area contributed by atoms with E-state index >= 15 is 0 Å². The average Bonchev–Trinajstić information content (AvgIpc) is 3.17. The number of halogens is 1. The van der Waals surface area contributed by atoms with Crippen molar-refractivity contribution in [2.45, 2.75) is 37.3 Å². The van der Waals surface area contributed by atoms with Gasteiger partial charge in [-0.15, -0.1) is 11.8 Å². The number of rotatable bonds is 5. The van der Waals surface area contributed by atoms with Gasteiger partial charge in [-0.25, -0.2) is 4.39 Å². The molecule has 146 valence electrons. The van der Waals surface area contributed by atoms with Crippen molar-refractivity contribution in [3.63, 3.8) is 0 Å². The normalized spacial score (nSPS) is 23.6. The predicted octanol–water partition coefficient (Wildman–Crippen LogP) is 3.80. The van der Waals surface area contributed by atoms with Crippen LogP contribution in [0, 0.1) is 5.82 Å². The van der Waals surface area contributed by atoms with Gasteiger partial charge >= 0.3 is 0 Å². The molecule has 0 radical (unpaired) electrons. The standard InChI is InChI=1S/C21H21FN2O3S/c1-21-10-9-19(25)24(21)18(13-28-21)20(26)23-16-3-2-4-17(11-16)27-12-14-5-7-15(22)8-6-14/h2-8,11,18H,9-10,12-13H2,1H3,(H,23,26)/t18-,21-/m0/s1. The fourth-order valence-corrected chi connectivity index (χ4v) is 5.08. The number of hydrogen-bond donors (Lipinski definition) is 1. The minimum absolute atomic E-state index is 0.0454. The highest BCUT2D eigenvalue weighted by Crippen LogP contribution is 2.47. The maximum Gasteiger partial charge on any atom is 0.248 e. The summed E-state index contributed by atoms with van der Waals surface area (Å²) in [4.78, 5) is 26.5. The van der Waals surface area contributed by atoms with Gasteiger partial charge in [0.2, 0.25) is 11.8 Å². The van der Waals surface area contributed by atoms with Crippen LogP contribution in [0.1, 0.15) is 25.3 Å². The molecule has 2 atom stereocenters. The summed E-state index contributed by atoms with van der Waals surface area (Å²) < 4.78 is 18.7. The molecule has 0 aromatic heterocycles. The van der Waals surface area contributed by atoms with Crippen LogP contribution < -0.4 is 10.1 Å². The van der Waals surface area contributed by atoms with Crippen molar-refractivity contribution in [3.05, 3.63) is 59.9 Å². The highest BCUT2D eigenvalue weighted by Gasteiger charge is 2.52. The number of amides is 2. The molecule has 2 fully saturated rings. The van der Waals surface area contributed by atoms with Crippen LogP contribution in [0.5, 0.6) is 5.75 Å². The van der Waals surface area contributed by atoms with Gasteiger partial charge in [0.25, 0.3) is 0 Å². The maximum absolute atomic E-state index is 13.0. The number of carbonyl (C=O) groups is 2. The first-order valence-electron chi connectivity index (χ1n) is 9.19. The summed E-state index contributed by atoms with van der Waals surface area (Å²) in [5, 5.41) is 2.90. The van der Waals surface area contributed by atoms with Crippen molar-refractivity contribution in [3.8, 4) is 5.75 Å². The second-order valence-corrected chi connectivity index (χ2v) is 8.70.